The van der Waals surface area contributed by atoms with Crippen LogP contribution in [0.5, 0.6) is 0 Å². The van der Waals surface area contributed by atoms with E-state index >= 15 is 0 Å². The molecule has 0 aliphatic heterocycles. The molecule has 3 heteroatoms. The van der Waals surface area contributed by atoms with Crippen LogP contribution in [0.2, 0.25) is 0 Å². The highest BCUT2D eigenvalue weighted by Crippen LogP contribution is 2.38. The molecule has 26 heavy (non-hydrogen) atoms. The molecule has 1 heterocycles. The number of hydrogen-bond acceptors (Lipinski definition) is 3. The summed E-state index contributed by atoms with van der Waals surface area (Å²) in [4.78, 5) is 4.55. The van der Waals surface area contributed by atoms with Gasteiger partial charge in [0.05, 0.1) is 5.69 Å². The van der Waals surface area contributed by atoms with Gasteiger partial charge in [-0.2, -0.15) is 11.8 Å². The monoisotopic (exact) mass is 364 g/mol. The molecule has 1 aromatic rings. The van der Waals surface area contributed by atoms with Crippen molar-refractivity contribution in [2.75, 3.05) is 6.26 Å². The van der Waals surface area contributed by atoms with Gasteiger partial charge in [0.25, 0.3) is 0 Å². The molecular formula is C23H28N2S. The minimum Gasteiger partial charge on any atom is -0.304 e. The summed E-state index contributed by atoms with van der Waals surface area (Å²) in [6.07, 6.45) is 13.8. The summed E-state index contributed by atoms with van der Waals surface area (Å²) in [6, 6.07) is 4.35. The summed E-state index contributed by atoms with van der Waals surface area (Å²) in [5.41, 5.74) is 8.00. The summed E-state index contributed by atoms with van der Waals surface area (Å²) < 4.78 is 0. The van der Waals surface area contributed by atoms with Crippen molar-refractivity contribution >= 4 is 17.5 Å². The van der Waals surface area contributed by atoms with E-state index in [4.69, 9.17) is 5.41 Å². The van der Waals surface area contributed by atoms with E-state index in [-0.39, 0.29) is 0 Å². The Balaban J connectivity index is 1.65. The molecule has 1 fully saturated rings. The smallest absolute Gasteiger partial charge is 0.0502 e. The van der Waals surface area contributed by atoms with Gasteiger partial charge in [-0.15, -0.1) is 0 Å². The van der Waals surface area contributed by atoms with Crippen LogP contribution in [-0.4, -0.2) is 17.0 Å². The second kappa shape index (κ2) is 8.22. The number of hydrogen-bond donors (Lipinski definition) is 1. The van der Waals surface area contributed by atoms with Crippen LogP contribution in [0.1, 0.15) is 37.9 Å². The van der Waals surface area contributed by atoms with Crippen LogP contribution in [0.25, 0.3) is 0 Å². The molecule has 2 unspecified atom stereocenters. The van der Waals surface area contributed by atoms with E-state index in [2.05, 4.69) is 62.0 Å². The lowest BCUT2D eigenvalue weighted by atomic mass is 9.85. The number of thioether (sulfide) groups is 1. The first kappa shape index (κ1) is 18.9. The fourth-order valence-electron chi connectivity index (χ4n) is 3.85. The normalized spacial score (nSPS) is 21.3. The second-order valence-electron chi connectivity index (χ2n) is 7.48. The molecule has 2 aliphatic carbocycles. The molecule has 1 N–H and O–H groups in total. The van der Waals surface area contributed by atoms with Crippen molar-refractivity contribution in [2.45, 2.75) is 38.9 Å². The lowest BCUT2D eigenvalue weighted by Crippen LogP contribution is -2.08. The SMILES string of the molecule is C=C1CC(=N)C2=CC(/C(C)=C/C(C)Cc3ccc(CSC)nc3)CC=C12. The Morgan fingerprint density at radius 2 is 2.23 bits per heavy atom. The summed E-state index contributed by atoms with van der Waals surface area (Å²) in [5.74, 6) is 1.86. The molecule has 2 aliphatic rings. The molecule has 2 nitrogen and oxygen atoms in total. The number of fused-ring (bicyclic) bond motifs is 1. The van der Waals surface area contributed by atoms with Crippen molar-refractivity contribution in [3.05, 3.63) is 76.7 Å². The van der Waals surface area contributed by atoms with Gasteiger partial charge >= 0.3 is 0 Å². The summed E-state index contributed by atoms with van der Waals surface area (Å²) in [7, 11) is 0. The van der Waals surface area contributed by atoms with Crippen LogP contribution in [0.15, 0.2) is 65.4 Å². The van der Waals surface area contributed by atoms with E-state index in [0.717, 1.165) is 41.1 Å². The van der Waals surface area contributed by atoms with Crippen molar-refractivity contribution < 1.29 is 0 Å². The van der Waals surface area contributed by atoms with Gasteiger partial charge in [0, 0.05) is 30.0 Å². The van der Waals surface area contributed by atoms with Crippen LogP contribution in [-0.2, 0) is 12.2 Å². The van der Waals surface area contributed by atoms with Crippen LogP contribution < -0.4 is 0 Å². The molecule has 1 saturated carbocycles. The highest BCUT2D eigenvalue weighted by molar-refractivity contribution is 7.97. The van der Waals surface area contributed by atoms with Gasteiger partial charge in [-0.3, -0.25) is 4.98 Å². The molecule has 136 valence electrons. The van der Waals surface area contributed by atoms with Gasteiger partial charge in [0.15, 0.2) is 0 Å². The molecular weight excluding hydrogens is 336 g/mol. The Morgan fingerprint density at radius 3 is 2.92 bits per heavy atom. The fourth-order valence-corrected chi connectivity index (χ4v) is 4.31. The molecule has 0 spiro atoms. The van der Waals surface area contributed by atoms with Crippen LogP contribution >= 0.6 is 11.8 Å². The van der Waals surface area contributed by atoms with Gasteiger partial charge < -0.3 is 5.41 Å². The Kier molecular flexibility index (Phi) is 5.98. The first-order chi connectivity index (χ1) is 12.5. The molecule has 0 amide bonds. The van der Waals surface area contributed by atoms with E-state index in [1.807, 2.05) is 6.20 Å². The minimum atomic E-state index is 0.407. The topological polar surface area (TPSA) is 36.7 Å². The Bertz CT molecular complexity index is 796. The van der Waals surface area contributed by atoms with E-state index < -0.39 is 0 Å². The number of pyridine rings is 1. The lowest BCUT2D eigenvalue weighted by Gasteiger charge is -2.20. The first-order valence-electron chi connectivity index (χ1n) is 9.27. The van der Waals surface area contributed by atoms with Crippen molar-refractivity contribution in [1.29, 1.82) is 5.41 Å². The molecule has 2 atom stereocenters. The second-order valence-corrected chi connectivity index (χ2v) is 8.35. The van der Waals surface area contributed by atoms with E-state index in [1.165, 1.54) is 16.7 Å². The van der Waals surface area contributed by atoms with Crippen LogP contribution in [0, 0.1) is 17.2 Å². The highest BCUT2D eigenvalue weighted by Gasteiger charge is 2.27. The maximum atomic E-state index is 8.17. The van der Waals surface area contributed by atoms with Gasteiger partial charge in [-0.25, -0.2) is 0 Å². The molecule has 0 radical (unpaired) electrons. The average molecular weight is 365 g/mol. The predicted molar refractivity (Wildman–Crippen MR) is 114 cm³/mol. The highest BCUT2D eigenvalue weighted by atomic mass is 32.2. The zero-order chi connectivity index (χ0) is 18.7. The van der Waals surface area contributed by atoms with Crippen molar-refractivity contribution in [3.63, 3.8) is 0 Å². The summed E-state index contributed by atoms with van der Waals surface area (Å²) >= 11 is 1.80. The average Bonchev–Trinajstić information content (AvgIpc) is 2.90. The largest absolute Gasteiger partial charge is 0.304 e. The predicted octanol–water partition coefficient (Wildman–Crippen LogP) is 5.92. The molecule has 0 bridgehead atoms. The van der Waals surface area contributed by atoms with Crippen LogP contribution in [0.4, 0.5) is 0 Å². The maximum absolute atomic E-state index is 8.17. The number of nitrogens with zero attached hydrogens (tertiary/aromatic N) is 1. The molecule has 0 saturated heterocycles. The third kappa shape index (κ3) is 4.27. The van der Waals surface area contributed by atoms with Crippen molar-refractivity contribution in [2.24, 2.45) is 11.8 Å². The van der Waals surface area contributed by atoms with Gasteiger partial charge in [0.2, 0.25) is 0 Å². The molecule has 1 aromatic heterocycles. The van der Waals surface area contributed by atoms with Crippen molar-refractivity contribution in [3.8, 4) is 0 Å². The number of aromatic nitrogens is 1. The molecule has 3 rings (SSSR count). The van der Waals surface area contributed by atoms with E-state index in [0.29, 0.717) is 18.3 Å². The van der Waals surface area contributed by atoms with Crippen LogP contribution in [0.3, 0.4) is 0 Å². The third-order valence-electron chi connectivity index (χ3n) is 5.20. The fraction of sp³-hybridized carbons (Fsp3) is 0.391. The van der Waals surface area contributed by atoms with E-state index in [1.54, 1.807) is 11.8 Å². The summed E-state index contributed by atoms with van der Waals surface area (Å²) in [6.45, 7) is 8.60. The minimum absolute atomic E-state index is 0.407. The third-order valence-corrected chi connectivity index (χ3v) is 5.78. The zero-order valence-electron chi connectivity index (χ0n) is 16.0. The first-order valence-corrected chi connectivity index (χ1v) is 10.7. The number of rotatable bonds is 6. The van der Waals surface area contributed by atoms with Gasteiger partial charge in [-0.05, 0) is 60.3 Å². The standard InChI is InChI=1S/C23H28N2S/c1-15(10-18-5-7-20(14-26-4)25-13-18)9-16(2)19-6-8-21-17(3)11-23(24)22(21)12-19/h5,7-9,12-13,15,19,24H,3,6,10-11,14H2,1-2,4H3/b16-9+,24-23?. The Morgan fingerprint density at radius 1 is 1.42 bits per heavy atom. The summed E-state index contributed by atoms with van der Waals surface area (Å²) in [5, 5.41) is 8.17. The zero-order valence-corrected chi connectivity index (χ0v) is 16.8. The van der Waals surface area contributed by atoms with Crippen molar-refractivity contribution in [1.82, 2.24) is 4.98 Å². The number of nitrogens with one attached hydrogen (secondary N) is 1. The van der Waals surface area contributed by atoms with E-state index in [9.17, 15) is 0 Å². The molecule has 0 aromatic carbocycles. The maximum Gasteiger partial charge on any atom is 0.0502 e. The lowest BCUT2D eigenvalue weighted by molar-refractivity contribution is 0.683. The number of allylic oxidation sites excluding steroid dienone is 7. The quantitative estimate of drug-likeness (QED) is 0.636. The Labute approximate surface area is 161 Å². The van der Waals surface area contributed by atoms with Gasteiger partial charge in [-0.1, -0.05) is 43.4 Å². The van der Waals surface area contributed by atoms with Gasteiger partial charge in [0.1, 0.15) is 0 Å². The Hall–Kier alpha value is -1.87.